The van der Waals surface area contributed by atoms with Gasteiger partial charge in [0.15, 0.2) is 0 Å². The van der Waals surface area contributed by atoms with Crippen LogP contribution in [0.25, 0.3) is 0 Å². The van der Waals surface area contributed by atoms with Gasteiger partial charge in [-0.25, -0.2) is 4.79 Å². The number of hydrogen-bond donors (Lipinski definition) is 2. The molecule has 0 fully saturated rings. The van der Waals surface area contributed by atoms with E-state index in [1.165, 1.54) is 0 Å². The highest BCUT2D eigenvalue weighted by atomic mass is 16.5. The van der Waals surface area contributed by atoms with Gasteiger partial charge >= 0.3 is 6.03 Å². The van der Waals surface area contributed by atoms with Gasteiger partial charge in [-0.1, -0.05) is 12.1 Å². The van der Waals surface area contributed by atoms with Crippen LogP contribution in [0.1, 0.15) is 12.5 Å². The number of carbonyl (C=O) groups excluding carboxylic acids is 1. The lowest BCUT2D eigenvalue weighted by molar-refractivity contribution is 0.262. The zero-order valence-corrected chi connectivity index (χ0v) is 11.6. The highest BCUT2D eigenvalue weighted by molar-refractivity contribution is 6.00. The van der Waals surface area contributed by atoms with E-state index >= 15 is 0 Å². The van der Waals surface area contributed by atoms with Crippen LogP contribution in [0.5, 0.6) is 5.75 Å². The van der Waals surface area contributed by atoms with Crippen LogP contribution in [-0.2, 0) is 0 Å². The molecule has 0 aliphatic rings. The van der Waals surface area contributed by atoms with Crippen molar-refractivity contribution in [3.05, 3.63) is 54.1 Å². The molecule has 5 nitrogen and oxygen atoms in total. The highest BCUT2D eigenvalue weighted by Crippen LogP contribution is 2.17. The Morgan fingerprint density at radius 2 is 1.86 bits per heavy atom. The van der Waals surface area contributed by atoms with Crippen LogP contribution in [0.2, 0.25) is 0 Å². The van der Waals surface area contributed by atoms with E-state index in [-0.39, 0.29) is 0 Å². The average Bonchev–Trinajstić information content (AvgIpc) is 2.50. The molecule has 0 aliphatic heterocycles. The van der Waals surface area contributed by atoms with Gasteiger partial charge in [0.05, 0.1) is 17.9 Å². The molecule has 0 radical (unpaired) electrons. The van der Waals surface area contributed by atoms with Gasteiger partial charge in [-0.2, -0.15) is 5.26 Å². The number of ether oxygens (including phenoxy) is 1. The van der Waals surface area contributed by atoms with E-state index in [0.29, 0.717) is 23.5 Å². The number of nitrogens with zero attached hydrogens (tertiary/aromatic N) is 1. The Balaban J connectivity index is 2.00. The summed E-state index contributed by atoms with van der Waals surface area (Å²) in [6.45, 7) is 2.50. The Bertz CT molecular complexity index is 660. The fourth-order valence-corrected chi connectivity index (χ4v) is 1.78. The van der Waals surface area contributed by atoms with E-state index < -0.39 is 6.03 Å². The summed E-state index contributed by atoms with van der Waals surface area (Å²) in [5, 5.41) is 14.3. The lowest BCUT2D eigenvalue weighted by Gasteiger charge is -2.09. The Labute approximate surface area is 123 Å². The van der Waals surface area contributed by atoms with Crippen molar-refractivity contribution >= 4 is 17.4 Å². The van der Waals surface area contributed by atoms with E-state index in [1.807, 2.05) is 13.0 Å². The fraction of sp³-hybridized carbons (Fsp3) is 0.125. The predicted molar refractivity (Wildman–Crippen MR) is 81.4 cm³/mol. The van der Waals surface area contributed by atoms with Crippen LogP contribution in [0.4, 0.5) is 16.2 Å². The minimum Gasteiger partial charge on any atom is -0.494 e. The average molecular weight is 281 g/mol. The second-order valence-corrected chi connectivity index (χ2v) is 4.19. The standard InChI is InChI=1S/C16H15N3O2/c1-2-21-14-9-7-13(8-10-14)18-16(20)19-15-6-4-3-5-12(15)11-17/h3-10H,2H2,1H3,(H2,18,19,20). The molecular formula is C16H15N3O2. The molecule has 2 rings (SSSR count). The molecular weight excluding hydrogens is 266 g/mol. The Morgan fingerprint density at radius 3 is 2.52 bits per heavy atom. The molecule has 0 bridgehead atoms. The lowest BCUT2D eigenvalue weighted by Crippen LogP contribution is -2.19. The van der Waals surface area contributed by atoms with E-state index in [4.69, 9.17) is 10.00 Å². The van der Waals surface area contributed by atoms with E-state index in [2.05, 4.69) is 10.6 Å². The van der Waals surface area contributed by atoms with Gasteiger partial charge in [0.25, 0.3) is 0 Å². The second-order valence-electron chi connectivity index (χ2n) is 4.19. The van der Waals surface area contributed by atoms with Crippen LogP contribution in [0, 0.1) is 11.3 Å². The number of para-hydroxylation sites is 1. The third kappa shape index (κ3) is 3.98. The Hall–Kier alpha value is -3.00. The van der Waals surface area contributed by atoms with Gasteiger partial charge in [-0.05, 0) is 43.3 Å². The Morgan fingerprint density at radius 1 is 1.14 bits per heavy atom. The molecule has 0 heterocycles. The van der Waals surface area contributed by atoms with E-state index in [1.54, 1.807) is 48.5 Å². The molecule has 0 saturated carbocycles. The summed E-state index contributed by atoms with van der Waals surface area (Å²) >= 11 is 0. The lowest BCUT2D eigenvalue weighted by atomic mass is 10.2. The Kier molecular flexibility index (Phi) is 4.78. The molecule has 21 heavy (non-hydrogen) atoms. The maximum absolute atomic E-state index is 11.9. The molecule has 2 aromatic carbocycles. The quantitative estimate of drug-likeness (QED) is 0.899. The number of amides is 2. The van der Waals surface area contributed by atoms with Crippen molar-refractivity contribution in [3.8, 4) is 11.8 Å². The van der Waals surface area contributed by atoms with Crippen LogP contribution in [-0.4, -0.2) is 12.6 Å². The van der Waals surface area contributed by atoms with Gasteiger partial charge < -0.3 is 15.4 Å². The summed E-state index contributed by atoms with van der Waals surface area (Å²) in [5.74, 6) is 0.748. The number of anilines is 2. The number of carbonyl (C=O) groups is 1. The molecule has 106 valence electrons. The van der Waals surface area contributed by atoms with Crippen molar-refractivity contribution in [2.24, 2.45) is 0 Å². The van der Waals surface area contributed by atoms with Gasteiger partial charge in [-0.15, -0.1) is 0 Å². The zero-order valence-electron chi connectivity index (χ0n) is 11.6. The number of benzene rings is 2. The largest absolute Gasteiger partial charge is 0.494 e. The van der Waals surface area contributed by atoms with Crippen molar-refractivity contribution < 1.29 is 9.53 Å². The van der Waals surface area contributed by atoms with Crippen molar-refractivity contribution in [1.29, 1.82) is 5.26 Å². The number of nitriles is 1. The van der Waals surface area contributed by atoms with E-state index in [0.717, 1.165) is 5.75 Å². The summed E-state index contributed by atoms with van der Waals surface area (Å²) in [4.78, 5) is 11.9. The normalized spacial score (nSPS) is 9.52. The SMILES string of the molecule is CCOc1ccc(NC(=O)Nc2ccccc2C#N)cc1. The molecule has 0 saturated heterocycles. The fourth-order valence-electron chi connectivity index (χ4n) is 1.78. The van der Waals surface area contributed by atoms with Crippen molar-refractivity contribution in [2.75, 3.05) is 17.2 Å². The van der Waals surface area contributed by atoms with Gasteiger partial charge in [0.2, 0.25) is 0 Å². The smallest absolute Gasteiger partial charge is 0.323 e. The maximum atomic E-state index is 11.9. The van der Waals surface area contributed by atoms with Crippen LogP contribution in [0.3, 0.4) is 0 Å². The third-order valence-electron chi connectivity index (χ3n) is 2.72. The first-order valence-electron chi connectivity index (χ1n) is 6.53. The third-order valence-corrected chi connectivity index (χ3v) is 2.72. The zero-order chi connectivity index (χ0) is 15.1. The van der Waals surface area contributed by atoms with Crippen molar-refractivity contribution in [3.63, 3.8) is 0 Å². The number of hydrogen-bond acceptors (Lipinski definition) is 3. The maximum Gasteiger partial charge on any atom is 0.323 e. The summed E-state index contributed by atoms with van der Waals surface area (Å²) in [5.41, 5.74) is 1.54. The number of rotatable bonds is 4. The first kappa shape index (κ1) is 14.4. The van der Waals surface area contributed by atoms with Crippen molar-refractivity contribution in [1.82, 2.24) is 0 Å². The van der Waals surface area contributed by atoms with E-state index in [9.17, 15) is 4.79 Å². The first-order chi connectivity index (χ1) is 10.2. The molecule has 2 aromatic rings. The van der Waals surface area contributed by atoms with Crippen LogP contribution in [0.15, 0.2) is 48.5 Å². The van der Waals surface area contributed by atoms with Gasteiger partial charge in [-0.3, -0.25) is 0 Å². The summed E-state index contributed by atoms with van der Waals surface area (Å²) in [6.07, 6.45) is 0. The van der Waals surface area contributed by atoms with Gasteiger partial charge in [0.1, 0.15) is 11.8 Å². The summed E-state index contributed by atoms with van der Waals surface area (Å²) in [6, 6.07) is 15.5. The molecule has 0 aliphatic carbocycles. The van der Waals surface area contributed by atoms with Crippen LogP contribution < -0.4 is 15.4 Å². The number of nitrogens with one attached hydrogen (secondary N) is 2. The molecule has 0 aromatic heterocycles. The van der Waals surface area contributed by atoms with Crippen molar-refractivity contribution in [2.45, 2.75) is 6.92 Å². The molecule has 2 amide bonds. The summed E-state index contributed by atoms with van der Waals surface area (Å²) in [7, 11) is 0. The topological polar surface area (TPSA) is 74.2 Å². The second kappa shape index (κ2) is 6.96. The predicted octanol–water partition coefficient (Wildman–Crippen LogP) is 3.60. The molecule has 0 spiro atoms. The molecule has 0 atom stereocenters. The molecule has 5 heteroatoms. The monoisotopic (exact) mass is 281 g/mol. The minimum atomic E-state index is -0.401. The minimum absolute atomic E-state index is 0.401. The first-order valence-corrected chi connectivity index (χ1v) is 6.53. The number of urea groups is 1. The van der Waals surface area contributed by atoms with Gasteiger partial charge in [0, 0.05) is 5.69 Å². The summed E-state index contributed by atoms with van der Waals surface area (Å²) < 4.78 is 5.33. The molecule has 2 N–H and O–H groups in total. The molecule has 0 unspecified atom stereocenters. The highest BCUT2D eigenvalue weighted by Gasteiger charge is 2.06. The van der Waals surface area contributed by atoms with Crippen LogP contribution >= 0.6 is 0 Å².